The number of nitrogens with zero attached hydrogens (tertiary/aromatic N) is 9. The van der Waals surface area contributed by atoms with Crippen molar-refractivity contribution >= 4 is 341 Å². The highest BCUT2D eigenvalue weighted by molar-refractivity contribution is 8.13. The summed E-state index contributed by atoms with van der Waals surface area (Å²) in [6.07, 6.45) is 0. The van der Waals surface area contributed by atoms with Gasteiger partial charge in [-0.3, -0.25) is 33.6 Å². The van der Waals surface area contributed by atoms with E-state index >= 15 is 0 Å². The zero-order valence-corrected chi connectivity index (χ0v) is 82.4. The number of anilines is 4. The quantitative estimate of drug-likeness (QED) is 0.00934. The molecule has 704 valence electrons. The van der Waals surface area contributed by atoms with Crippen LogP contribution in [0, 0.1) is 0 Å². The first-order valence-corrected chi connectivity index (χ1v) is 47.2. The summed E-state index contributed by atoms with van der Waals surface area (Å²) in [6.45, 7) is -0.551. The maximum atomic E-state index is 12.8. The number of aromatic carboxylic acids is 1. The Hall–Kier alpha value is -7.04. The van der Waals surface area contributed by atoms with Gasteiger partial charge >= 0.3 is 29.8 Å². The average molecular weight is 2290 g/mol. The molecule has 0 saturated heterocycles. The number of ether oxygens (including phenoxy) is 3. The monoisotopic (exact) mass is 2270 g/mol. The fourth-order valence-electron chi connectivity index (χ4n) is 8.60. The van der Waals surface area contributed by atoms with Crippen molar-refractivity contribution in [3.8, 4) is 17.1 Å². The van der Waals surface area contributed by atoms with E-state index in [2.05, 4.69) is 69.9 Å². The summed E-state index contributed by atoms with van der Waals surface area (Å²) in [5.74, 6) is -8.46. The molecule has 0 aliphatic rings. The number of carboxylic acid groups (broad SMARTS) is 2. The van der Waals surface area contributed by atoms with Gasteiger partial charge in [0.1, 0.15) is 19.6 Å². The predicted molar refractivity (Wildman–Crippen MR) is 497 cm³/mol. The molecule has 0 spiro atoms. The molecule has 7 aromatic carbocycles. The van der Waals surface area contributed by atoms with Crippen LogP contribution in [-0.2, 0) is 88.7 Å². The summed E-state index contributed by atoms with van der Waals surface area (Å²) >= 11 is 113. The first-order chi connectivity index (χ1) is 59.6. The first-order valence-electron chi connectivity index (χ1n) is 33.2. The minimum Gasteiger partial charge on any atom is -0.480 e. The molecular formula is C68H57Cl20N17O21S4. The second kappa shape index (κ2) is 50.0. The van der Waals surface area contributed by atoms with Gasteiger partial charge in [-0.05, 0) is 127 Å². The summed E-state index contributed by atoms with van der Waals surface area (Å²) in [6, 6.07) is 27.8. The van der Waals surface area contributed by atoms with E-state index in [9.17, 15) is 72.0 Å². The molecule has 130 heavy (non-hydrogen) atoms. The minimum atomic E-state index is -4.15. The van der Waals surface area contributed by atoms with Gasteiger partial charge in [0.05, 0.1) is 137 Å². The van der Waals surface area contributed by atoms with Crippen molar-refractivity contribution in [2.24, 2.45) is 5.73 Å². The van der Waals surface area contributed by atoms with Gasteiger partial charge in [-0.2, -0.15) is 14.2 Å². The molecule has 3 heterocycles. The Morgan fingerprint density at radius 1 is 0.392 bits per heavy atom. The molecule has 3 aromatic heterocycles. The first kappa shape index (κ1) is 115. The van der Waals surface area contributed by atoms with E-state index in [1.54, 1.807) is 0 Å². The second-order valence-electron chi connectivity index (χ2n) is 23.5. The van der Waals surface area contributed by atoms with Crippen LogP contribution in [0.2, 0.25) is 50.2 Å². The summed E-state index contributed by atoms with van der Waals surface area (Å²) in [7, 11) is -7.13. The van der Waals surface area contributed by atoms with Gasteiger partial charge in [-0.15, -0.1) is 15.3 Å². The van der Waals surface area contributed by atoms with Crippen LogP contribution in [0.3, 0.4) is 0 Å². The lowest BCUT2D eigenvalue weighted by Crippen LogP contribution is -2.30. The van der Waals surface area contributed by atoms with Crippen LogP contribution in [0.15, 0.2) is 147 Å². The third-order valence-electron chi connectivity index (χ3n) is 14.5. The second-order valence-corrected chi connectivity index (χ2v) is 42.3. The van der Waals surface area contributed by atoms with Crippen molar-refractivity contribution in [3.63, 3.8) is 0 Å². The number of carbonyl (C=O) groups is 8. The van der Waals surface area contributed by atoms with Gasteiger partial charge in [0.25, 0.3) is 26.7 Å². The van der Waals surface area contributed by atoms with Crippen LogP contribution >= 0.6 is 231 Å². The molecular weight excluding hydrogens is 2230 g/mol. The Bertz CT molecular complexity index is 6390. The molecule has 0 aliphatic heterocycles. The zero-order chi connectivity index (χ0) is 97.7. The summed E-state index contributed by atoms with van der Waals surface area (Å²) in [5, 5.41) is 38.3. The molecule has 62 heteroatoms. The van der Waals surface area contributed by atoms with E-state index in [1.165, 1.54) is 117 Å². The molecule has 0 saturated carbocycles. The molecule has 0 fully saturated rings. The fourth-order valence-corrected chi connectivity index (χ4v) is 15.5. The maximum absolute atomic E-state index is 12.8. The number of aliphatic carboxylic acids is 1. The lowest BCUT2D eigenvalue weighted by atomic mass is 10.3. The zero-order valence-electron chi connectivity index (χ0n) is 64.0. The van der Waals surface area contributed by atoms with Gasteiger partial charge in [0, 0.05) is 17.6 Å². The Morgan fingerprint density at radius 3 is 0.954 bits per heavy atom. The van der Waals surface area contributed by atoms with Crippen molar-refractivity contribution in [3.05, 3.63) is 213 Å². The van der Waals surface area contributed by atoms with Gasteiger partial charge < -0.3 is 51.8 Å². The summed E-state index contributed by atoms with van der Waals surface area (Å²) < 4.78 is 110. The van der Waals surface area contributed by atoms with Crippen LogP contribution in [0.25, 0.3) is 17.1 Å². The van der Waals surface area contributed by atoms with E-state index in [-0.39, 0.29) is 125 Å². The van der Waals surface area contributed by atoms with Gasteiger partial charge in [0.15, 0.2) is 17.5 Å². The Labute approximate surface area is 836 Å². The molecule has 0 radical (unpaired) electrons. The molecule has 38 nitrogen and oxygen atoms in total. The van der Waals surface area contributed by atoms with E-state index in [1.807, 2.05) is 4.72 Å². The number of amides is 3. The van der Waals surface area contributed by atoms with Crippen molar-refractivity contribution in [2.45, 2.75) is 45.3 Å². The number of halogens is 20. The van der Waals surface area contributed by atoms with E-state index in [0.717, 1.165) is 52.5 Å². The van der Waals surface area contributed by atoms with Gasteiger partial charge in [0.2, 0.25) is 59.0 Å². The van der Waals surface area contributed by atoms with E-state index < -0.39 is 123 Å². The number of aromatic nitrogens is 9. The number of hydrogen-bond donors (Lipinski definition) is 10. The fraction of sp³-hybridized carbons (Fsp3) is 0.176. The molecule has 0 bridgehead atoms. The van der Waals surface area contributed by atoms with Crippen molar-refractivity contribution < 1.29 is 96.5 Å². The predicted octanol–water partition coefficient (Wildman–Crippen LogP) is 15.9. The number of carbonyl (C=O) groups excluding carboxylic acids is 6. The number of nitrogens with one attached hydrogen (secondary N) is 6. The Balaban J connectivity index is 0.000000347. The lowest BCUT2D eigenvalue weighted by molar-refractivity contribution is -0.140. The summed E-state index contributed by atoms with van der Waals surface area (Å²) in [5.41, 5.74) is 11.9. The van der Waals surface area contributed by atoms with Crippen LogP contribution in [0.5, 0.6) is 0 Å². The normalized spacial score (nSPS) is 11.4. The SMILES string of the molecule is C.CC(=O)Nc1ccc(S(=O)(=O)Cl)cc1Cl.COC(=O)CN.COC(=O)CNS(=O)(=O)c1ccc(N)c(Cl)c1.COC(=O)CNS(=O)(=O)c1ccc(NC(=O)c2nc(C(Cl)(Cl)Cl)n(-c3ccc(Cl)c(Cl)c3)n2)c(Cl)c1.O=C(O)CNS(=O)(=O)c1ccc(NC(=O)c2nc(C(Cl)(Cl)Cl)n(-c3ccc(Cl)c(Cl)c3)n2)c(Cl)c1.O=C(O)c1nc(C(Cl)(Cl)Cl)n(-c2ccc(Cl)c(Cl)c2)n1. The Morgan fingerprint density at radius 2 is 0.685 bits per heavy atom. The highest BCUT2D eigenvalue weighted by atomic mass is 35.7. The lowest BCUT2D eigenvalue weighted by Gasteiger charge is -2.12. The highest BCUT2D eigenvalue weighted by Crippen LogP contribution is 2.42. The highest BCUT2D eigenvalue weighted by Gasteiger charge is 2.37. The molecule has 12 N–H and O–H groups in total. The van der Waals surface area contributed by atoms with Crippen LogP contribution in [0.4, 0.5) is 22.7 Å². The third kappa shape index (κ3) is 34.7. The number of esters is 3. The van der Waals surface area contributed by atoms with Crippen LogP contribution < -0.4 is 41.6 Å². The largest absolute Gasteiger partial charge is 0.480 e. The molecule has 0 aliphatic carbocycles. The number of carboxylic acids is 2. The van der Waals surface area contributed by atoms with E-state index in [4.69, 9.17) is 253 Å². The molecule has 10 aromatic rings. The number of nitrogen functional groups attached to an aromatic ring is 1. The van der Waals surface area contributed by atoms with Crippen LogP contribution in [-0.4, -0.2) is 183 Å². The van der Waals surface area contributed by atoms with Crippen molar-refractivity contribution in [1.82, 2.24) is 58.5 Å². The minimum absolute atomic E-state index is 0. The maximum Gasteiger partial charge on any atom is 0.375 e. The molecule has 10 rings (SSSR count). The number of benzene rings is 7. The number of rotatable bonds is 23. The van der Waals surface area contributed by atoms with Gasteiger partial charge in [-0.1, -0.05) is 228 Å². The number of methoxy groups -OCH3 is 3. The van der Waals surface area contributed by atoms with E-state index in [0.29, 0.717) is 27.8 Å². The van der Waals surface area contributed by atoms with Crippen LogP contribution in [0.1, 0.15) is 63.7 Å². The Kier molecular flexibility index (Phi) is 44.3. The van der Waals surface area contributed by atoms with Crippen molar-refractivity contribution in [2.75, 3.05) is 69.2 Å². The standard InChI is InChI=1S/C19H13Cl6N5O5S.C18H11Cl6N5O5S.C10H4Cl5N3O2.C9H11ClN2O4S.C8H7Cl2NO3S.C3H7NO2.CH4/c1-35-15(31)8-26-36(33,34)10-3-5-14(13(22)7-10)27-17(32)16-28-18(19(23,24)25)30(29-16)9-2-4-11(20)12(21)6-9;19-10-3-1-8(5-11(10)20)29-17(18(22,23)24)27-15(28-29)16(32)26-13-4-2-9(6-12(13)21)35(33,34)25-7-14(30)31;11-5-2-1-4(3-6(5)12)18-9(10(13,14)15)16-7(17-18)8(19)20;1-16-9(13)5-12-17(14,15)6-2-3-8(11)7(10)4-6;1-5(12)11-8-3-2-6(4-7(8)9)15(10,13)14;1-6-3(5)2-4;/h2-7,26H,8H2,1H3,(H,27,32);1-6,25H,7H2,(H,26,32)(H,30,31);1-3H,(H,19,20);2-4,12H,5,11H2,1H3;2-4H,1H3,(H,11,12);2,4H2,1H3;1H4. The third-order valence-corrected chi connectivity index (χ3v) is 25.1. The number of hydrogen-bond acceptors (Lipinski definition) is 27. The number of alkyl halides is 9. The van der Waals surface area contributed by atoms with Crippen molar-refractivity contribution in [1.29, 1.82) is 0 Å². The smallest absolute Gasteiger partial charge is 0.375 e. The topological polar surface area (TPSA) is 558 Å². The summed E-state index contributed by atoms with van der Waals surface area (Å²) in [4.78, 5) is 101. The number of nitrogens with two attached hydrogens (primary N) is 2. The van der Waals surface area contributed by atoms with Gasteiger partial charge in [-0.25, -0.2) is 67.5 Å². The number of sulfonamides is 3. The molecule has 3 amide bonds. The molecule has 0 atom stereocenters. The average Bonchev–Trinajstić information content (AvgIpc) is 1.65. The molecule has 0 unspecified atom stereocenters.